The number of hydrogen-bond acceptors (Lipinski definition) is 4. The first-order chi connectivity index (χ1) is 37.1. The number of aromatic nitrogens is 1. The minimum absolute atomic E-state index is 0.984. The van der Waals surface area contributed by atoms with Crippen molar-refractivity contribution in [3.05, 3.63) is 271 Å². The SMILES string of the molecule is C1=C(C2=Cc3c(n(-c4ccc5ccccc5c4)c4ccc(-c5ccc(-c6ccc(N7c8ccccc8Sc8ccccc87)cc6)cc5)cc34)CC2)CCC(c2ccc(N3c4ccccc4Sc4ccccc43)cc2)=C1. The van der Waals surface area contributed by atoms with Crippen LogP contribution in [0.1, 0.15) is 36.1 Å². The van der Waals surface area contributed by atoms with Crippen molar-refractivity contribution in [2.45, 2.75) is 45.3 Å². The van der Waals surface area contributed by atoms with Gasteiger partial charge in [0.25, 0.3) is 0 Å². The van der Waals surface area contributed by atoms with E-state index in [1.165, 1.54) is 131 Å². The molecule has 0 radical (unpaired) electrons. The Morgan fingerprint density at radius 1 is 0.320 bits per heavy atom. The Morgan fingerprint density at radius 3 is 1.32 bits per heavy atom. The van der Waals surface area contributed by atoms with Gasteiger partial charge in [0.2, 0.25) is 0 Å². The Hall–Kier alpha value is -8.48. The van der Waals surface area contributed by atoms with Crippen molar-refractivity contribution in [1.82, 2.24) is 4.57 Å². The summed E-state index contributed by atoms with van der Waals surface area (Å²) in [5, 5.41) is 3.83. The molecule has 11 aromatic rings. The molecule has 0 saturated heterocycles. The second kappa shape index (κ2) is 18.2. The van der Waals surface area contributed by atoms with Gasteiger partial charge in [-0.05, 0) is 184 Å². The van der Waals surface area contributed by atoms with Crippen LogP contribution in [0.5, 0.6) is 0 Å². The Bertz CT molecular complexity index is 4090. The van der Waals surface area contributed by atoms with Crippen LogP contribution in [-0.4, -0.2) is 4.57 Å². The van der Waals surface area contributed by atoms with Crippen LogP contribution in [0.25, 0.3) is 61.3 Å². The van der Waals surface area contributed by atoms with Crippen molar-refractivity contribution >= 4 is 91.0 Å². The van der Waals surface area contributed by atoms with Crippen molar-refractivity contribution in [1.29, 1.82) is 0 Å². The van der Waals surface area contributed by atoms with Crippen molar-refractivity contribution < 1.29 is 0 Å². The molecule has 0 fully saturated rings. The van der Waals surface area contributed by atoms with Gasteiger partial charge in [-0.2, -0.15) is 0 Å². The zero-order chi connectivity index (χ0) is 49.4. The molecule has 0 unspecified atom stereocenters. The summed E-state index contributed by atoms with van der Waals surface area (Å²) in [6.07, 6.45) is 11.4. The van der Waals surface area contributed by atoms with Crippen LogP contribution in [0.3, 0.4) is 0 Å². The largest absolute Gasteiger partial charge is 0.313 e. The molecule has 3 nitrogen and oxygen atoms in total. The summed E-state index contributed by atoms with van der Waals surface area (Å²) in [4.78, 5) is 9.91. The van der Waals surface area contributed by atoms with Gasteiger partial charge in [-0.1, -0.05) is 169 Å². The maximum absolute atomic E-state index is 2.54. The maximum atomic E-state index is 2.54. The van der Waals surface area contributed by atoms with Gasteiger partial charge in [0, 0.05) is 53.3 Å². The lowest BCUT2D eigenvalue weighted by atomic mass is 9.84. The molecule has 5 heteroatoms. The van der Waals surface area contributed by atoms with Crippen LogP contribution in [-0.2, 0) is 6.42 Å². The highest BCUT2D eigenvalue weighted by molar-refractivity contribution is 8.00. The van der Waals surface area contributed by atoms with Gasteiger partial charge in [0.05, 0.1) is 28.3 Å². The first-order valence-electron chi connectivity index (χ1n) is 26.1. The Morgan fingerprint density at radius 2 is 0.760 bits per heavy atom. The highest BCUT2D eigenvalue weighted by Crippen LogP contribution is 2.53. The van der Waals surface area contributed by atoms with Gasteiger partial charge < -0.3 is 14.4 Å². The fourth-order valence-electron chi connectivity index (χ4n) is 11.9. The van der Waals surface area contributed by atoms with Gasteiger partial charge in [-0.15, -0.1) is 0 Å². The molecule has 1 aromatic heterocycles. The van der Waals surface area contributed by atoms with Gasteiger partial charge in [-0.25, -0.2) is 0 Å². The van der Waals surface area contributed by atoms with Crippen LogP contribution >= 0.6 is 23.5 Å². The second-order valence-corrected chi connectivity index (χ2v) is 22.1. The molecule has 0 saturated carbocycles. The van der Waals surface area contributed by atoms with Gasteiger partial charge in [0.15, 0.2) is 0 Å². The average molecular weight is 996 g/mol. The van der Waals surface area contributed by atoms with Gasteiger partial charge in [0.1, 0.15) is 0 Å². The third-order valence-electron chi connectivity index (χ3n) is 15.6. The third kappa shape index (κ3) is 7.68. The van der Waals surface area contributed by atoms with Crippen molar-refractivity contribution in [3.8, 4) is 27.9 Å². The summed E-state index contributed by atoms with van der Waals surface area (Å²) in [5.74, 6) is 0. The van der Waals surface area contributed by atoms with Crippen LogP contribution in [0.4, 0.5) is 34.1 Å². The lowest BCUT2D eigenvalue weighted by molar-refractivity contribution is 0.842. The predicted molar refractivity (Wildman–Crippen MR) is 317 cm³/mol. The minimum atomic E-state index is 0.984. The van der Waals surface area contributed by atoms with Crippen molar-refractivity contribution in [3.63, 3.8) is 0 Å². The minimum Gasteiger partial charge on any atom is -0.313 e. The number of allylic oxidation sites excluding steroid dienone is 5. The molecule has 0 amide bonds. The summed E-state index contributed by atoms with van der Waals surface area (Å²) in [7, 11) is 0. The van der Waals surface area contributed by atoms with E-state index in [0.717, 1.165) is 31.4 Å². The highest BCUT2D eigenvalue weighted by Gasteiger charge is 2.28. The van der Waals surface area contributed by atoms with E-state index in [-0.39, 0.29) is 0 Å². The molecule has 3 heterocycles. The van der Waals surface area contributed by atoms with E-state index in [2.05, 4.69) is 263 Å². The van der Waals surface area contributed by atoms with Gasteiger partial charge >= 0.3 is 0 Å². The standard InChI is InChI=1S/C70H49N3S2/c1-2-12-53-43-58(40-33-46(53)11-1)73-61-41-34-54(51-25-21-47(22-26-51)49-29-36-56(37-30-49)71-63-13-3-7-17-67(63)74-68-18-8-4-14-64(68)71)44-59(61)60-45-55(35-42-62(60)73)52-27-23-48(24-28-52)50-31-38-57(39-32-50)72-65-15-5-9-19-69(65)75-70-20-10-6-16-66(70)72/h1-23,25-27,29-34,36-41,43-45H,24,28,35,42H2. The van der Waals surface area contributed by atoms with Crippen LogP contribution in [0, 0.1) is 0 Å². The summed E-state index contributed by atoms with van der Waals surface area (Å²) in [6.45, 7) is 0. The maximum Gasteiger partial charge on any atom is 0.0601 e. The van der Waals surface area contributed by atoms with E-state index in [4.69, 9.17) is 0 Å². The zero-order valence-corrected chi connectivity index (χ0v) is 42.8. The molecule has 0 bridgehead atoms. The van der Waals surface area contributed by atoms with E-state index in [1.807, 2.05) is 23.5 Å². The van der Waals surface area contributed by atoms with Crippen LogP contribution in [0.15, 0.2) is 273 Å². The fourth-order valence-corrected chi connectivity index (χ4v) is 14.0. The number of anilines is 6. The average Bonchev–Trinajstić information content (AvgIpc) is 3.81. The zero-order valence-electron chi connectivity index (χ0n) is 41.2. The summed E-state index contributed by atoms with van der Waals surface area (Å²) < 4.78 is 2.54. The Labute approximate surface area is 446 Å². The van der Waals surface area contributed by atoms with E-state index in [1.54, 1.807) is 0 Å². The summed E-state index contributed by atoms with van der Waals surface area (Å²) in [5.41, 5.74) is 22.9. The number of hydrogen-bond donors (Lipinski definition) is 0. The Balaban J connectivity index is 0.742. The Kier molecular flexibility index (Phi) is 10.7. The molecule has 2 aliphatic heterocycles. The van der Waals surface area contributed by atoms with E-state index in [9.17, 15) is 0 Å². The number of para-hydroxylation sites is 4. The van der Waals surface area contributed by atoms with E-state index >= 15 is 0 Å². The van der Waals surface area contributed by atoms with E-state index in [0.29, 0.717) is 0 Å². The molecule has 10 aromatic carbocycles. The predicted octanol–water partition coefficient (Wildman–Crippen LogP) is 20.1. The molecule has 0 atom stereocenters. The number of fused-ring (bicyclic) bond motifs is 8. The van der Waals surface area contributed by atoms with Gasteiger partial charge in [-0.3, -0.25) is 0 Å². The first kappa shape index (κ1) is 44.0. The molecule has 356 valence electrons. The number of rotatable bonds is 7. The molecule has 0 spiro atoms. The third-order valence-corrected chi connectivity index (χ3v) is 17.9. The van der Waals surface area contributed by atoms with Crippen molar-refractivity contribution in [2.75, 3.05) is 9.80 Å². The molecule has 15 rings (SSSR count). The first-order valence-corrected chi connectivity index (χ1v) is 27.7. The van der Waals surface area contributed by atoms with Crippen LogP contribution < -0.4 is 9.80 Å². The number of nitrogens with zero attached hydrogens (tertiary/aromatic N) is 3. The van der Waals surface area contributed by atoms with Crippen molar-refractivity contribution in [2.24, 2.45) is 0 Å². The molecule has 75 heavy (non-hydrogen) atoms. The normalized spacial score (nSPS) is 14.5. The molecular formula is C70H49N3S2. The molecular weight excluding hydrogens is 947 g/mol. The highest BCUT2D eigenvalue weighted by atomic mass is 32.2. The van der Waals surface area contributed by atoms with E-state index < -0.39 is 0 Å². The smallest absolute Gasteiger partial charge is 0.0601 e. The fraction of sp³-hybridized carbons (Fsp3) is 0.0571. The molecule has 0 N–H and O–H groups in total. The monoisotopic (exact) mass is 995 g/mol. The quantitative estimate of drug-likeness (QED) is 0.158. The second-order valence-electron chi connectivity index (χ2n) is 19.9. The number of benzene rings is 10. The van der Waals surface area contributed by atoms with Crippen LogP contribution in [0.2, 0.25) is 0 Å². The molecule has 4 aliphatic rings. The summed E-state index contributed by atoms with van der Waals surface area (Å²) in [6, 6.07) is 85.1. The lowest BCUT2D eigenvalue weighted by Crippen LogP contribution is -2.14. The molecule has 2 aliphatic carbocycles. The summed E-state index contributed by atoms with van der Waals surface area (Å²) >= 11 is 3.69. The topological polar surface area (TPSA) is 11.4 Å². The lowest BCUT2D eigenvalue weighted by Gasteiger charge is -2.33.